The van der Waals surface area contributed by atoms with Gasteiger partial charge in [-0.2, -0.15) is 0 Å². The molecule has 4 heteroatoms. The first kappa shape index (κ1) is 12.3. The normalized spacial score (nSPS) is 12.3. The molecule has 1 rings (SSSR count). The molecule has 0 radical (unpaired) electrons. The second kappa shape index (κ2) is 4.86. The van der Waals surface area contributed by atoms with Crippen molar-refractivity contribution in [3.8, 4) is 5.75 Å². The van der Waals surface area contributed by atoms with Crippen LogP contribution in [0, 0.1) is 13.8 Å². The van der Waals surface area contributed by atoms with Crippen LogP contribution >= 0.6 is 23.2 Å². The highest BCUT2D eigenvalue weighted by Gasteiger charge is 2.12. The van der Waals surface area contributed by atoms with Gasteiger partial charge in [-0.25, -0.2) is 0 Å². The molecule has 2 nitrogen and oxygen atoms in total. The van der Waals surface area contributed by atoms with E-state index in [0.717, 1.165) is 11.1 Å². The summed E-state index contributed by atoms with van der Waals surface area (Å²) < 4.78 is 5.35. The number of aryl methyl sites for hydroxylation is 2. The van der Waals surface area contributed by atoms with Crippen LogP contribution in [0.5, 0.6) is 5.75 Å². The van der Waals surface area contributed by atoms with Gasteiger partial charge in [0, 0.05) is 5.02 Å². The van der Waals surface area contributed by atoms with E-state index >= 15 is 0 Å². The number of carbonyl (C=O) groups excluding carboxylic acids is 1. The van der Waals surface area contributed by atoms with E-state index in [4.69, 9.17) is 27.9 Å². The summed E-state index contributed by atoms with van der Waals surface area (Å²) in [7, 11) is 0. The monoisotopic (exact) mass is 246 g/mol. The molecule has 0 N–H and O–H groups in total. The molecular weight excluding hydrogens is 235 g/mol. The van der Waals surface area contributed by atoms with Crippen LogP contribution in [0.4, 0.5) is 0 Å². The third kappa shape index (κ3) is 3.11. The van der Waals surface area contributed by atoms with Crippen LogP contribution in [0.1, 0.15) is 18.1 Å². The van der Waals surface area contributed by atoms with Crippen LogP contribution < -0.4 is 4.74 Å². The van der Waals surface area contributed by atoms with Gasteiger partial charge in [-0.15, -0.1) is 0 Å². The molecule has 15 heavy (non-hydrogen) atoms. The molecule has 1 atom stereocenters. The highest BCUT2D eigenvalue weighted by molar-refractivity contribution is 6.64. The number of carbonyl (C=O) groups is 1. The second-order valence-corrected chi connectivity index (χ2v) is 4.19. The predicted molar refractivity (Wildman–Crippen MR) is 61.9 cm³/mol. The molecular formula is C11H12Cl2O2. The third-order valence-electron chi connectivity index (χ3n) is 2.04. The van der Waals surface area contributed by atoms with E-state index in [-0.39, 0.29) is 0 Å². The summed E-state index contributed by atoms with van der Waals surface area (Å²) in [6.45, 7) is 5.37. The molecule has 0 fully saturated rings. The Bertz CT molecular complexity index is 365. The maximum absolute atomic E-state index is 10.8. The van der Waals surface area contributed by atoms with Crippen LogP contribution in [0.15, 0.2) is 12.1 Å². The van der Waals surface area contributed by atoms with Gasteiger partial charge in [0.1, 0.15) is 5.75 Å². The Morgan fingerprint density at radius 3 is 2.20 bits per heavy atom. The van der Waals surface area contributed by atoms with Gasteiger partial charge in [0.25, 0.3) is 5.24 Å². The molecule has 0 unspecified atom stereocenters. The van der Waals surface area contributed by atoms with Crippen molar-refractivity contribution in [1.82, 2.24) is 0 Å². The molecule has 0 aliphatic rings. The lowest BCUT2D eigenvalue weighted by Crippen LogP contribution is -2.18. The van der Waals surface area contributed by atoms with Gasteiger partial charge in [-0.1, -0.05) is 11.6 Å². The molecule has 0 bridgehead atoms. The standard InChI is InChI=1S/C11H12Cl2O2/c1-6-4-9(5-7(2)10(6)12)15-8(3)11(13)14/h4-5,8H,1-3H3/t8-/m0/s1. The lowest BCUT2D eigenvalue weighted by molar-refractivity contribution is -0.117. The van der Waals surface area contributed by atoms with Crippen molar-refractivity contribution < 1.29 is 9.53 Å². The van der Waals surface area contributed by atoms with Crippen LogP contribution in [-0.4, -0.2) is 11.3 Å². The van der Waals surface area contributed by atoms with Crippen molar-refractivity contribution in [1.29, 1.82) is 0 Å². The first-order valence-electron chi connectivity index (χ1n) is 4.54. The first-order chi connectivity index (χ1) is 6.91. The van der Waals surface area contributed by atoms with Gasteiger partial charge in [-0.3, -0.25) is 4.79 Å². The summed E-state index contributed by atoms with van der Waals surface area (Å²) in [6, 6.07) is 3.57. The Hall–Kier alpha value is -0.730. The fraction of sp³-hybridized carbons (Fsp3) is 0.364. The Morgan fingerprint density at radius 1 is 1.33 bits per heavy atom. The van der Waals surface area contributed by atoms with E-state index in [1.54, 1.807) is 19.1 Å². The number of halogens is 2. The molecule has 1 aromatic carbocycles. The second-order valence-electron chi connectivity index (χ2n) is 3.44. The van der Waals surface area contributed by atoms with E-state index in [2.05, 4.69) is 0 Å². The fourth-order valence-corrected chi connectivity index (χ4v) is 1.38. The van der Waals surface area contributed by atoms with Crippen molar-refractivity contribution in [2.24, 2.45) is 0 Å². The largest absolute Gasteiger partial charge is 0.482 e. The van der Waals surface area contributed by atoms with Gasteiger partial charge in [-0.05, 0) is 55.6 Å². The topological polar surface area (TPSA) is 26.3 Å². The van der Waals surface area contributed by atoms with Crippen LogP contribution in [0.2, 0.25) is 5.02 Å². The summed E-state index contributed by atoms with van der Waals surface area (Å²) >= 11 is 11.3. The van der Waals surface area contributed by atoms with E-state index in [9.17, 15) is 4.79 Å². The molecule has 1 aromatic rings. The smallest absolute Gasteiger partial charge is 0.262 e. The lowest BCUT2D eigenvalue weighted by atomic mass is 10.1. The van der Waals surface area contributed by atoms with E-state index < -0.39 is 11.3 Å². The number of rotatable bonds is 3. The summed E-state index contributed by atoms with van der Waals surface area (Å²) in [5.41, 5.74) is 1.83. The maximum atomic E-state index is 10.8. The number of hydrogen-bond acceptors (Lipinski definition) is 2. The number of benzene rings is 1. The molecule has 0 aliphatic carbocycles. The van der Waals surface area contributed by atoms with Gasteiger partial charge < -0.3 is 4.74 Å². The Balaban J connectivity index is 2.92. The van der Waals surface area contributed by atoms with E-state index in [1.807, 2.05) is 13.8 Å². The summed E-state index contributed by atoms with van der Waals surface area (Å²) in [4.78, 5) is 10.8. The predicted octanol–water partition coefficient (Wildman–Crippen LogP) is 3.49. The number of ether oxygens (including phenoxy) is 1. The number of hydrogen-bond donors (Lipinski definition) is 0. The van der Waals surface area contributed by atoms with E-state index in [1.165, 1.54) is 0 Å². The minimum Gasteiger partial charge on any atom is -0.482 e. The Morgan fingerprint density at radius 2 is 1.80 bits per heavy atom. The molecule has 0 saturated heterocycles. The van der Waals surface area contributed by atoms with Crippen molar-refractivity contribution in [3.05, 3.63) is 28.3 Å². The van der Waals surface area contributed by atoms with Gasteiger partial charge in [0.05, 0.1) is 0 Å². The molecule has 0 heterocycles. The molecule has 0 aliphatic heterocycles. The van der Waals surface area contributed by atoms with Crippen molar-refractivity contribution >= 4 is 28.4 Å². The average Bonchev–Trinajstić information content (AvgIpc) is 2.13. The molecule has 0 saturated carbocycles. The zero-order valence-electron chi connectivity index (χ0n) is 8.80. The lowest BCUT2D eigenvalue weighted by Gasteiger charge is -2.12. The minimum atomic E-state index is -0.647. The average molecular weight is 247 g/mol. The van der Waals surface area contributed by atoms with Crippen molar-refractivity contribution in [2.75, 3.05) is 0 Å². The molecule has 0 amide bonds. The molecule has 0 aromatic heterocycles. The van der Waals surface area contributed by atoms with Crippen LogP contribution in [-0.2, 0) is 4.79 Å². The first-order valence-corrected chi connectivity index (χ1v) is 5.30. The highest BCUT2D eigenvalue weighted by Crippen LogP contribution is 2.26. The minimum absolute atomic E-state index is 0.514. The molecule has 0 spiro atoms. The highest BCUT2D eigenvalue weighted by atomic mass is 35.5. The fourth-order valence-electron chi connectivity index (χ4n) is 1.22. The van der Waals surface area contributed by atoms with Gasteiger partial charge in [0.2, 0.25) is 0 Å². The van der Waals surface area contributed by atoms with Crippen molar-refractivity contribution in [3.63, 3.8) is 0 Å². The van der Waals surface area contributed by atoms with Crippen molar-refractivity contribution in [2.45, 2.75) is 26.9 Å². The maximum Gasteiger partial charge on any atom is 0.262 e. The summed E-state index contributed by atoms with van der Waals surface area (Å²) in [5.74, 6) is 0.607. The quantitative estimate of drug-likeness (QED) is 0.764. The summed E-state index contributed by atoms with van der Waals surface area (Å²) in [6.07, 6.45) is -0.647. The van der Waals surface area contributed by atoms with E-state index in [0.29, 0.717) is 10.8 Å². The van der Waals surface area contributed by atoms with Crippen LogP contribution in [0.3, 0.4) is 0 Å². The zero-order chi connectivity index (χ0) is 11.6. The van der Waals surface area contributed by atoms with Gasteiger partial charge >= 0.3 is 0 Å². The Labute approximate surface area is 99.1 Å². The summed E-state index contributed by atoms with van der Waals surface area (Å²) in [5, 5.41) is 0.201. The molecule has 82 valence electrons. The van der Waals surface area contributed by atoms with Crippen LogP contribution in [0.25, 0.3) is 0 Å². The Kier molecular flexibility index (Phi) is 4.00. The SMILES string of the molecule is Cc1cc(O[C@@H](C)C(=O)Cl)cc(C)c1Cl. The zero-order valence-corrected chi connectivity index (χ0v) is 10.3. The third-order valence-corrected chi connectivity index (χ3v) is 2.95. The van der Waals surface area contributed by atoms with Gasteiger partial charge in [0.15, 0.2) is 6.10 Å².